The standard InChI is InChI=1S/C10H8N2/c1-2-5-10-9(4-1)8-11-6-3-7-12-10/h1-8H/b6-3?,7-3-,9-8-,11-6+,11-8?,12-7?,12-10+. The maximum atomic E-state index is 4.24. The van der Waals surface area contributed by atoms with E-state index < -0.39 is 0 Å². The maximum absolute atomic E-state index is 4.24. The summed E-state index contributed by atoms with van der Waals surface area (Å²) in [5.41, 5.74) is 0. The molecule has 0 bridgehead atoms. The van der Waals surface area contributed by atoms with Crippen LogP contribution in [0.1, 0.15) is 0 Å². The predicted octanol–water partition coefficient (Wildman–Crippen LogP) is 0.642. The van der Waals surface area contributed by atoms with Gasteiger partial charge in [-0.25, -0.2) is 0 Å². The van der Waals surface area contributed by atoms with Gasteiger partial charge >= 0.3 is 0 Å². The van der Waals surface area contributed by atoms with Gasteiger partial charge in [0.15, 0.2) is 0 Å². The summed E-state index contributed by atoms with van der Waals surface area (Å²) in [4.78, 5) is 8.32. The van der Waals surface area contributed by atoms with Crippen LogP contribution in [0.15, 0.2) is 46.5 Å². The molecule has 0 aromatic heterocycles. The minimum absolute atomic E-state index is 0.964. The van der Waals surface area contributed by atoms with Gasteiger partial charge in [-0.15, -0.1) is 0 Å². The van der Waals surface area contributed by atoms with E-state index >= 15 is 0 Å². The first-order chi connectivity index (χ1) is 5.97. The van der Waals surface area contributed by atoms with Gasteiger partial charge in [-0.1, -0.05) is 18.2 Å². The zero-order chi connectivity index (χ0) is 8.23. The highest BCUT2D eigenvalue weighted by molar-refractivity contribution is 5.73. The number of hydrogen-bond acceptors (Lipinski definition) is 2. The van der Waals surface area contributed by atoms with Crippen molar-refractivity contribution in [3.05, 3.63) is 47.1 Å². The van der Waals surface area contributed by atoms with Crippen molar-refractivity contribution in [1.29, 1.82) is 0 Å². The fraction of sp³-hybridized carbons (Fsp3) is 0. The molecule has 0 amide bonds. The average Bonchev–Trinajstić information content (AvgIpc) is 2.06. The van der Waals surface area contributed by atoms with Crippen molar-refractivity contribution in [1.82, 2.24) is 0 Å². The molecule has 2 rings (SSSR count). The maximum Gasteiger partial charge on any atom is 0.0717 e. The van der Waals surface area contributed by atoms with Crippen molar-refractivity contribution >= 4 is 12.4 Å². The fourth-order valence-electron chi connectivity index (χ4n) is 1.05. The summed E-state index contributed by atoms with van der Waals surface area (Å²) in [5.74, 6) is 0. The summed E-state index contributed by atoms with van der Waals surface area (Å²) in [5, 5.41) is 2.02. The summed E-state index contributed by atoms with van der Waals surface area (Å²) in [6, 6.07) is 7.91. The van der Waals surface area contributed by atoms with Crippen molar-refractivity contribution < 1.29 is 0 Å². The van der Waals surface area contributed by atoms with Crippen molar-refractivity contribution in [2.24, 2.45) is 9.98 Å². The Labute approximate surface area is 70.3 Å². The minimum Gasteiger partial charge on any atom is -0.264 e. The van der Waals surface area contributed by atoms with Gasteiger partial charge in [-0.05, 0) is 12.1 Å². The third kappa shape index (κ3) is 1.32. The summed E-state index contributed by atoms with van der Waals surface area (Å²) in [7, 11) is 0. The molecule has 0 saturated carbocycles. The number of nitrogens with zero attached hydrogens (tertiary/aromatic N) is 2. The molecule has 12 heavy (non-hydrogen) atoms. The van der Waals surface area contributed by atoms with E-state index in [1.54, 1.807) is 12.4 Å². The number of hydrogen-bond donors (Lipinski definition) is 0. The molecular formula is C10H8N2. The number of aliphatic imine (C=N–C) groups is 1. The molecule has 1 aromatic carbocycles. The molecule has 0 spiro atoms. The minimum atomic E-state index is 0.964. The van der Waals surface area contributed by atoms with E-state index in [0.717, 1.165) is 10.6 Å². The normalized spacial score (nSPS) is 24.7. The van der Waals surface area contributed by atoms with Gasteiger partial charge in [-0.3, -0.25) is 9.98 Å². The summed E-state index contributed by atoms with van der Waals surface area (Å²) in [6.45, 7) is 0. The Balaban J connectivity index is 2.80. The topological polar surface area (TPSA) is 24.7 Å². The van der Waals surface area contributed by atoms with Crippen LogP contribution in [0.2, 0.25) is 0 Å². The van der Waals surface area contributed by atoms with E-state index in [1.165, 1.54) is 0 Å². The molecule has 1 aliphatic heterocycles. The van der Waals surface area contributed by atoms with Crippen molar-refractivity contribution in [3.63, 3.8) is 0 Å². The third-order valence-corrected chi connectivity index (χ3v) is 1.62. The Hall–Kier alpha value is -1.70. The molecule has 1 heterocycles. The number of rotatable bonds is 0. The van der Waals surface area contributed by atoms with E-state index in [4.69, 9.17) is 0 Å². The molecule has 2 heteroatoms. The molecule has 0 fully saturated rings. The highest BCUT2D eigenvalue weighted by atomic mass is 14.7. The molecular weight excluding hydrogens is 148 g/mol. The smallest absolute Gasteiger partial charge is 0.0717 e. The van der Waals surface area contributed by atoms with Crippen LogP contribution in [0.5, 0.6) is 0 Å². The molecule has 0 saturated heterocycles. The van der Waals surface area contributed by atoms with Crippen LogP contribution in [0.4, 0.5) is 0 Å². The van der Waals surface area contributed by atoms with Crippen LogP contribution in [0.3, 0.4) is 0 Å². The monoisotopic (exact) mass is 156 g/mol. The molecule has 1 aliphatic rings. The summed E-state index contributed by atoms with van der Waals surface area (Å²) in [6.07, 6.45) is 7.09. The van der Waals surface area contributed by atoms with Gasteiger partial charge in [0.2, 0.25) is 0 Å². The largest absolute Gasteiger partial charge is 0.264 e. The van der Waals surface area contributed by atoms with E-state index in [-0.39, 0.29) is 0 Å². The van der Waals surface area contributed by atoms with Gasteiger partial charge in [0.25, 0.3) is 0 Å². The van der Waals surface area contributed by atoms with Crippen LogP contribution >= 0.6 is 0 Å². The number of para-hydroxylation sites is 1. The Kier molecular flexibility index (Phi) is 1.82. The lowest BCUT2D eigenvalue weighted by molar-refractivity contribution is 1.30. The second-order valence-corrected chi connectivity index (χ2v) is 2.46. The first-order valence-corrected chi connectivity index (χ1v) is 3.78. The molecule has 0 N–H and O–H groups in total. The Morgan fingerprint density at radius 1 is 1.08 bits per heavy atom. The number of fused-ring (bicyclic) bond motifs is 1. The molecule has 0 radical (unpaired) electrons. The quantitative estimate of drug-likeness (QED) is 0.526. The van der Waals surface area contributed by atoms with E-state index in [2.05, 4.69) is 9.98 Å². The second-order valence-electron chi connectivity index (χ2n) is 2.46. The third-order valence-electron chi connectivity index (χ3n) is 1.62. The molecule has 2 nitrogen and oxygen atoms in total. The van der Waals surface area contributed by atoms with Gasteiger partial charge < -0.3 is 0 Å². The second kappa shape index (κ2) is 3.13. The zero-order valence-electron chi connectivity index (χ0n) is 6.51. The average molecular weight is 156 g/mol. The summed E-state index contributed by atoms with van der Waals surface area (Å²) >= 11 is 0. The van der Waals surface area contributed by atoms with Gasteiger partial charge in [0.05, 0.1) is 5.36 Å². The fourth-order valence-corrected chi connectivity index (χ4v) is 1.05. The Morgan fingerprint density at radius 3 is 3.00 bits per heavy atom. The molecule has 0 atom stereocenters. The summed E-state index contributed by atoms with van der Waals surface area (Å²) < 4.78 is 0. The Bertz CT molecular complexity index is 398. The van der Waals surface area contributed by atoms with Crippen molar-refractivity contribution in [2.45, 2.75) is 0 Å². The van der Waals surface area contributed by atoms with E-state index in [1.807, 2.05) is 36.5 Å². The molecule has 0 aliphatic carbocycles. The first-order valence-electron chi connectivity index (χ1n) is 3.78. The number of allylic oxidation sites excluding steroid dienone is 1. The lowest BCUT2D eigenvalue weighted by Gasteiger charge is -1.88. The lowest BCUT2D eigenvalue weighted by Crippen LogP contribution is -2.23. The SMILES string of the molecule is C1=C\N=c2/cccc/c2=C/N=C/1. The van der Waals surface area contributed by atoms with E-state index in [9.17, 15) is 0 Å². The molecule has 1 aromatic rings. The van der Waals surface area contributed by atoms with Crippen LogP contribution in [-0.2, 0) is 0 Å². The van der Waals surface area contributed by atoms with Crippen LogP contribution < -0.4 is 10.6 Å². The first kappa shape index (κ1) is 6.98. The van der Waals surface area contributed by atoms with Crippen LogP contribution in [-0.4, -0.2) is 6.21 Å². The van der Waals surface area contributed by atoms with Gasteiger partial charge in [0, 0.05) is 23.8 Å². The van der Waals surface area contributed by atoms with Gasteiger partial charge in [-0.2, -0.15) is 0 Å². The predicted molar refractivity (Wildman–Crippen MR) is 49.3 cm³/mol. The van der Waals surface area contributed by atoms with Crippen molar-refractivity contribution in [2.75, 3.05) is 0 Å². The van der Waals surface area contributed by atoms with Crippen molar-refractivity contribution in [3.8, 4) is 0 Å². The van der Waals surface area contributed by atoms with Crippen LogP contribution in [0.25, 0.3) is 6.20 Å². The highest BCUT2D eigenvalue weighted by Crippen LogP contribution is 1.78. The lowest BCUT2D eigenvalue weighted by atomic mass is 10.3. The molecule has 58 valence electrons. The Morgan fingerprint density at radius 2 is 2.00 bits per heavy atom. The van der Waals surface area contributed by atoms with Gasteiger partial charge in [0.1, 0.15) is 0 Å². The van der Waals surface area contributed by atoms with E-state index in [0.29, 0.717) is 0 Å². The highest BCUT2D eigenvalue weighted by Gasteiger charge is 1.83. The molecule has 0 unspecified atom stereocenters. The number of benzene rings is 1. The van der Waals surface area contributed by atoms with Crippen LogP contribution in [0, 0.1) is 0 Å². The zero-order valence-corrected chi connectivity index (χ0v) is 6.51.